The van der Waals surface area contributed by atoms with Gasteiger partial charge < -0.3 is 10.7 Å². The average Bonchev–Trinajstić information content (AvgIpc) is 2.79. The highest BCUT2D eigenvalue weighted by Crippen LogP contribution is 2.41. The molecule has 1 N–H and O–H groups in total. The zero-order valence-corrected chi connectivity index (χ0v) is 12.1. The molecule has 0 fully saturated rings. The van der Waals surface area contributed by atoms with Crippen molar-refractivity contribution in [3.8, 4) is 10.4 Å². The third-order valence-corrected chi connectivity index (χ3v) is 4.16. The monoisotopic (exact) mass is 318 g/mol. The highest BCUT2D eigenvalue weighted by Gasteiger charge is 2.49. The number of nitrogens with one attached hydrogen (secondary N) is 1. The first-order valence-corrected chi connectivity index (χ1v) is 6.79. The van der Waals surface area contributed by atoms with E-state index in [0.717, 1.165) is 25.2 Å². The minimum atomic E-state index is -4.45. The molecule has 0 saturated heterocycles. The lowest BCUT2D eigenvalue weighted by molar-refractivity contribution is -0.181. The molecule has 0 unspecified atom stereocenters. The summed E-state index contributed by atoms with van der Waals surface area (Å²) in [6, 6.07) is 2.77. The molecule has 0 aliphatic rings. The maximum Gasteiger partial charge on any atom is 0.399 e. The predicted molar refractivity (Wildman–Crippen MR) is 73.2 cm³/mol. The Morgan fingerprint density at radius 3 is 2.52 bits per heavy atom. The molecule has 2 heterocycles. The van der Waals surface area contributed by atoms with Gasteiger partial charge in [-0.15, -0.1) is 11.3 Å². The van der Waals surface area contributed by atoms with Gasteiger partial charge in [-0.2, -0.15) is 13.2 Å². The lowest BCUT2D eigenvalue weighted by Crippen LogP contribution is -2.37. The van der Waals surface area contributed by atoms with Gasteiger partial charge in [-0.25, -0.2) is 4.39 Å². The molecular formula is C13H12F4N3S-. The molecule has 0 bridgehead atoms. The highest BCUT2D eigenvalue weighted by atomic mass is 32.1. The quantitative estimate of drug-likeness (QED) is 0.730. The molecule has 3 nitrogen and oxygen atoms in total. The van der Waals surface area contributed by atoms with Crippen LogP contribution in [-0.4, -0.2) is 16.1 Å². The summed E-state index contributed by atoms with van der Waals surface area (Å²) in [6.45, 7) is 1.21. The van der Waals surface area contributed by atoms with Gasteiger partial charge in [0.25, 0.3) is 0 Å². The van der Waals surface area contributed by atoms with Crippen molar-refractivity contribution in [2.24, 2.45) is 0 Å². The molecule has 0 saturated carbocycles. The second-order valence-electron chi connectivity index (χ2n) is 4.98. The number of pyridine rings is 1. The van der Waals surface area contributed by atoms with Crippen LogP contribution in [-0.2, 0) is 12.1 Å². The van der Waals surface area contributed by atoms with Gasteiger partial charge in [0.1, 0.15) is 12.1 Å². The van der Waals surface area contributed by atoms with Crippen molar-refractivity contribution in [3.63, 3.8) is 0 Å². The summed E-state index contributed by atoms with van der Waals surface area (Å²) >= 11 is 0.925. The Bertz CT molecular complexity index is 649. The Morgan fingerprint density at radius 2 is 1.95 bits per heavy atom. The molecular weight excluding hydrogens is 306 g/mol. The molecule has 0 amide bonds. The Labute approximate surface area is 122 Å². The molecule has 0 aromatic carbocycles. The Balaban J connectivity index is 2.52. The SMILES string of the molecule is CC(C)(c1cc(-c2sc([NH-])nc2CF)ccn1)C(F)(F)F. The van der Waals surface area contributed by atoms with Crippen LogP contribution in [0.3, 0.4) is 0 Å². The fraction of sp³-hybridized carbons (Fsp3) is 0.385. The Hall–Kier alpha value is -1.70. The van der Waals surface area contributed by atoms with Gasteiger partial charge in [0, 0.05) is 11.1 Å². The average molecular weight is 318 g/mol. The minimum absolute atomic E-state index is 0.0620. The van der Waals surface area contributed by atoms with Crippen LogP contribution in [0.5, 0.6) is 0 Å². The molecule has 2 aromatic heterocycles. The van der Waals surface area contributed by atoms with Gasteiger partial charge in [0.2, 0.25) is 0 Å². The van der Waals surface area contributed by atoms with Crippen molar-refractivity contribution in [1.29, 1.82) is 0 Å². The maximum absolute atomic E-state index is 13.1. The number of alkyl halides is 4. The number of rotatable bonds is 3. The lowest BCUT2D eigenvalue weighted by Gasteiger charge is -2.27. The highest BCUT2D eigenvalue weighted by molar-refractivity contribution is 7.19. The van der Waals surface area contributed by atoms with E-state index in [1.54, 1.807) is 0 Å². The maximum atomic E-state index is 13.1. The largest absolute Gasteiger partial charge is 0.473 e. The number of hydrogen-bond donors (Lipinski definition) is 0. The first-order chi connectivity index (χ1) is 9.66. The normalized spacial score (nSPS) is 12.7. The van der Waals surface area contributed by atoms with Crippen LogP contribution in [0.25, 0.3) is 16.2 Å². The van der Waals surface area contributed by atoms with E-state index in [1.165, 1.54) is 18.3 Å². The summed E-state index contributed by atoms with van der Waals surface area (Å²) in [6.07, 6.45) is -3.20. The van der Waals surface area contributed by atoms with Crippen LogP contribution >= 0.6 is 11.3 Å². The zero-order valence-electron chi connectivity index (χ0n) is 11.3. The molecule has 114 valence electrons. The van der Waals surface area contributed by atoms with E-state index < -0.39 is 18.3 Å². The Kier molecular flexibility index (Phi) is 3.92. The van der Waals surface area contributed by atoms with Gasteiger partial charge in [-0.1, -0.05) is 0 Å². The lowest BCUT2D eigenvalue weighted by atomic mass is 9.87. The van der Waals surface area contributed by atoms with Crippen LogP contribution in [0, 0.1) is 0 Å². The molecule has 0 spiro atoms. The topological polar surface area (TPSA) is 49.6 Å². The van der Waals surface area contributed by atoms with Crippen molar-refractivity contribution < 1.29 is 17.6 Å². The molecule has 0 aliphatic carbocycles. The number of thiazole rings is 1. The van der Waals surface area contributed by atoms with Gasteiger partial charge >= 0.3 is 6.18 Å². The second-order valence-corrected chi connectivity index (χ2v) is 5.98. The Morgan fingerprint density at radius 1 is 1.29 bits per heavy atom. The molecule has 0 radical (unpaired) electrons. The van der Waals surface area contributed by atoms with E-state index in [1.807, 2.05) is 0 Å². The molecule has 21 heavy (non-hydrogen) atoms. The van der Waals surface area contributed by atoms with Crippen LogP contribution in [0.4, 0.5) is 22.7 Å². The zero-order chi connectivity index (χ0) is 15.8. The fourth-order valence-corrected chi connectivity index (χ4v) is 2.54. The van der Waals surface area contributed by atoms with Crippen molar-refractivity contribution in [2.75, 3.05) is 0 Å². The first kappa shape index (κ1) is 15.7. The third-order valence-electron chi connectivity index (χ3n) is 3.20. The van der Waals surface area contributed by atoms with Crippen molar-refractivity contribution >= 4 is 16.5 Å². The standard InChI is InChI=1S/C13H12F4N3S/c1-12(2,13(15,16)17)9-5-7(3-4-19-9)10-8(6-14)20-11(18)21-10/h3-5H,6H2,1-2H3,(H-,18,20)/q-1. The summed E-state index contributed by atoms with van der Waals surface area (Å²) in [7, 11) is 0. The van der Waals surface area contributed by atoms with Gasteiger partial charge in [0.05, 0.1) is 5.69 Å². The van der Waals surface area contributed by atoms with Crippen LogP contribution < -0.4 is 0 Å². The van der Waals surface area contributed by atoms with Crippen LogP contribution in [0.2, 0.25) is 0 Å². The van der Waals surface area contributed by atoms with Crippen LogP contribution in [0.15, 0.2) is 18.3 Å². The van der Waals surface area contributed by atoms with E-state index in [4.69, 9.17) is 5.73 Å². The van der Waals surface area contributed by atoms with E-state index in [0.29, 0.717) is 10.4 Å². The summed E-state index contributed by atoms with van der Waals surface area (Å²) in [5, 5.41) is -0.0777. The fourth-order valence-electron chi connectivity index (χ4n) is 1.73. The third kappa shape index (κ3) is 2.85. The second kappa shape index (κ2) is 5.25. The first-order valence-electron chi connectivity index (χ1n) is 5.97. The molecule has 2 rings (SSSR count). The number of halogens is 4. The minimum Gasteiger partial charge on any atom is -0.473 e. The van der Waals surface area contributed by atoms with Gasteiger partial charge in [-0.3, -0.25) is 4.98 Å². The smallest absolute Gasteiger partial charge is 0.399 e. The van der Waals surface area contributed by atoms with Crippen molar-refractivity contribution in [1.82, 2.24) is 9.97 Å². The summed E-state index contributed by atoms with van der Waals surface area (Å²) in [5.41, 5.74) is 5.61. The van der Waals surface area contributed by atoms with Gasteiger partial charge in [-0.05, 0) is 42.4 Å². The summed E-state index contributed by atoms with van der Waals surface area (Å²) < 4.78 is 52.1. The van der Waals surface area contributed by atoms with E-state index in [9.17, 15) is 17.6 Å². The van der Waals surface area contributed by atoms with E-state index in [2.05, 4.69) is 9.97 Å². The van der Waals surface area contributed by atoms with E-state index >= 15 is 0 Å². The van der Waals surface area contributed by atoms with E-state index in [-0.39, 0.29) is 16.5 Å². The molecule has 8 heteroatoms. The predicted octanol–water partition coefficient (Wildman–Crippen LogP) is 5.20. The molecule has 0 aliphatic heterocycles. The molecule has 0 atom stereocenters. The van der Waals surface area contributed by atoms with Gasteiger partial charge in [0.15, 0.2) is 0 Å². The number of nitrogens with zero attached hydrogens (tertiary/aromatic N) is 2. The summed E-state index contributed by atoms with van der Waals surface area (Å²) in [5.74, 6) is 0. The van der Waals surface area contributed by atoms with Crippen molar-refractivity contribution in [2.45, 2.75) is 32.1 Å². The molecule has 2 aromatic rings. The number of hydrogen-bond acceptors (Lipinski definition) is 3. The van der Waals surface area contributed by atoms with Crippen molar-refractivity contribution in [3.05, 3.63) is 35.5 Å². The number of aromatic nitrogens is 2. The summed E-state index contributed by atoms with van der Waals surface area (Å²) in [4.78, 5) is 7.87. The van der Waals surface area contributed by atoms with Crippen LogP contribution in [0.1, 0.15) is 25.2 Å².